The molecule has 0 saturated carbocycles. The van der Waals surface area contributed by atoms with Gasteiger partial charge in [0.05, 0.1) is 7.11 Å². The molecule has 3 nitrogen and oxygen atoms in total. The van der Waals surface area contributed by atoms with Crippen molar-refractivity contribution in [2.75, 3.05) is 18.6 Å². The molecule has 1 heterocycles. The lowest BCUT2D eigenvalue weighted by Gasteiger charge is -2.31. The van der Waals surface area contributed by atoms with Crippen molar-refractivity contribution in [3.8, 4) is 0 Å². The third-order valence-electron chi connectivity index (χ3n) is 2.80. The van der Waals surface area contributed by atoms with E-state index < -0.39 is 5.97 Å². The van der Waals surface area contributed by atoms with E-state index >= 15 is 0 Å². The van der Waals surface area contributed by atoms with Gasteiger partial charge >= 0.3 is 5.97 Å². The third kappa shape index (κ3) is 2.74. The fraction of sp³-hybridized carbons (Fsp3) is 0.800. The Labute approximate surface area is 88.6 Å². The fourth-order valence-corrected chi connectivity index (χ4v) is 2.91. The van der Waals surface area contributed by atoms with Crippen molar-refractivity contribution in [2.24, 2.45) is 5.41 Å². The summed E-state index contributed by atoms with van der Waals surface area (Å²) in [5.74, 6) is 1.64. The van der Waals surface area contributed by atoms with Gasteiger partial charge in [0, 0.05) is 5.41 Å². The van der Waals surface area contributed by atoms with Crippen LogP contribution in [0.25, 0.3) is 0 Å². The second-order valence-electron chi connectivity index (χ2n) is 3.85. The van der Waals surface area contributed by atoms with Gasteiger partial charge in [0.1, 0.15) is 12.2 Å². The number of esters is 1. The van der Waals surface area contributed by atoms with E-state index in [0.29, 0.717) is 0 Å². The Balaban J connectivity index is 2.53. The van der Waals surface area contributed by atoms with Crippen molar-refractivity contribution in [3.05, 3.63) is 0 Å². The van der Waals surface area contributed by atoms with Gasteiger partial charge in [-0.25, -0.2) is 0 Å². The summed E-state index contributed by atoms with van der Waals surface area (Å²) in [5, 5.41) is 0. The highest BCUT2D eigenvalue weighted by molar-refractivity contribution is 7.99. The molecule has 0 aromatic carbocycles. The Morgan fingerprint density at radius 1 is 1.36 bits per heavy atom. The minimum atomic E-state index is -0.422. The Morgan fingerprint density at radius 3 is 2.43 bits per heavy atom. The molecule has 0 bridgehead atoms. The van der Waals surface area contributed by atoms with Gasteiger partial charge < -0.3 is 4.74 Å². The Morgan fingerprint density at radius 2 is 1.93 bits per heavy atom. The quantitative estimate of drug-likeness (QED) is 0.531. The standard InChI is InChI=1S/C10H16O3S/c1-10(3-5-14-6-4-10)8(11)7-9(12)13-2/h3-7H2,1-2H3. The maximum Gasteiger partial charge on any atom is 0.313 e. The first-order chi connectivity index (χ1) is 6.58. The average molecular weight is 216 g/mol. The molecule has 1 aliphatic rings. The number of Topliss-reactive ketones (excluding diaryl/α,β-unsaturated/α-hetero) is 1. The molecular weight excluding hydrogens is 200 g/mol. The smallest absolute Gasteiger partial charge is 0.313 e. The number of hydrogen-bond acceptors (Lipinski definition) is 4. The van der Waals surface area contributed by atoms with Crippen molar-refractivity contribution in [1.82, 2.24) is 0 Å². The van der Waals surface area contributed by atoms with Gasteiger partial charge in [-0.1, -0.05) is 6.92 Å². The first-order valence-electron chi connectivity index (χ1n) is 4.76. The SMILES string of the molecule is COC(=O)CC(=O)C1(C)CCSCC1. The Kier molecular flexibility index (Phi) is 3.98. The van der Waals surface area contributed by atoms with Crippen molar-refractivity contribution in [3.63, 3.8) is 0 Å². The predicted octanol–water partition coefficient (Wildman–Crippen LogP) is 1.65. The van der Waals surface area contributed by atoms with E-state index in [2.05, 4.69) is 4.74 Å². The summed E-state index contributed by atoms with van der Waals surface area (Å²) in [6, 6.07) is 0. The van der Waals surface area contributed by atoms with Crippen LogP contribution in [0, 0.1) is 5.41 Å². The maximum absolute atomic E-state index is 11.8. The van der Waals surface area contributed by atoms with Crippen molar-refractivity contribution in [2.45, 2.75) is 26.2 Å². The monoisotopic (exact) mass is 216 g/mol. The third-order valence-corrected chi connectivity index (χ3v) is 3.79. The van der Waals surface area contributed by atoms with Crippen molar-refractivity contribution in [1.29, 1.82) is 0 Å². The molecule has 14 heavy (non-hydrogen) atoms. The first kappa shape index (κ1) is 11.6. The predicted molar refractivity (Wildman–Crippen MR) is 56.3 cm³/mol. The zero-order valence-electron chi connectivity index (χ0n) is 8.67. The Bertz CT molecular complexity index is 232. The molecule has 0 radical (unpaired) electrons. The lowest BCUT2D eigenvalue weighted by atomic mass is 9.79. The van der Waals surface area contributed by atoms with E-state index in [-0.39, 0.29) is 17.6 Å². The second-order valence-corrected chi connectivity index (χ2v) is 5.07. The number of ether oxygens (including phenoxy) is 1. The highest BCUT2D eigenvalue weighted by atomic mass is 32.2. The fourth-order valence-electron chi connectivity index (χ4n) is 1.52. The summed E-state index contributed by atoms with van der Waals surface area (Å²) >= 11 is 1.87. The molecule has 80 valence electrons. The molecule has 1 saturated heterocycles. The molecule has 0 unspecified atom stereocenters. The maximum atomic E-state index is 11.8. The summed E-state index contributed by atoms with van der Waals surface area (Å²) in [6.07, 6.45) is 1.69. The highest BCUT2D eigenvalue weighted by Gasteiger charge is 2.35. The normalized spacial score (nSPS) is 20.1. The lowest BCUT2D eigenvalue weighted by Crippen LogP contribution is -2.33. The summed E-state index contributed by atoms with van der Waals surface area (Å²) in [6.45, 7) is 1.96. The van der Waals surface area contributed by atoms with E-state index in [1.807, 2.05) is 18.7 Å². The molecule has 0 atom stereocenters. The van der Waals surface area contributed by atoms with Crippen LogP contribution in [0.1, 0.15) is 26.2 Å². The minimum Gasteiger partial charge on any atom is -0.469 e. The van der Waals surface area contributed by atoms with Crippen LogP contribution in [-0.4, -0.2) is 30.4 Å². The van der Waals surface area contributed by atoms with E-state index in [0.717, 1.165) is 24.3 Å². The van der Waals surface area contributed by atoms with Crippen LogP contribution in [0.3, 0.4) is 0 Å². The van der Waals surface area contributed by atoms with Crippen LogP contribution in [0.15, 0.2) is 0 Å². The van der Waals surface area contributed by atoms with Gasteiger partial charge in [-0.2, -0.15) is 11.8 Å². The van der Waals surface area contributed by atoms with Crippen molar-refractivity contribution < 1.29 is 14.3 Å². The molecule has 0 N–H and O–H groups in total. The van der Waals surface area contributed by atoms with Crippen LogP contribution in [0.2, 0.25) is 0 Å². The van der Waals surface area contributed by atoms with Crippen LogP contribution in [0.5, 0.6) is 0 Å². The highest BCUT2D eigenvalue weighted by Crippen LogP contribution is 2.36. The van der Waals surface area contributed by atoms with Gasteiger partial charge in [0.2, 0.25) is 0 Å². The zero-order chi connectivity index (χ0) is 10.6. The number of methoxy groups -OCH3 is 1. The molecule has 4 heteroatoms. The molecule has 0 amide bonds. The Hall–Kier alpha value is -0.510. The van der Waals surface area contributed by atoms with Gasteiger partial charge in [-0.05, 0) is 24.3 Å². The number of rotatable bonds is 3. The molecule has 0 aromatic heterocycles. The summed E-state index contributed by atoms with van der Waals surface area (Å²) in [5.41, 5.74) is -0.292. The van der Waals surface area contributed by atoms with E-state index in [4.69, 9.17) is 0 Å². The van der Waals surface area contributed by atoms with Gasteiger partial charge in [-0.15, -0.1) is 0 Å². The van der Waals surface area contributed by atoms with Gasteiger partial charge in [-0.3, -0.25) is 9.59 Å². The molecular formula is C10H16O3S. The number of carbonyl (C=O) groups is 2. The van der Waals surface area contributed by atoms with Gasteiger partial charge in [0.25, 0.3) is 0 Å². The lowest BCUT2D eigenvalue weighted by molar-refractivity contribution is -0.145. The van der Waals surface area contributed by atoms with Crippen LogP contribution in [0.4, 0.5) is 0 Å². The van der Waals surface area contributed by atoms with Crippen LogP contribution >= 0.6 is 11.8 Å². The number of ketones is 1. The van der Waals surface area contributed by atoms with E-state index in [1.165, 1.54) is 7.11 Å². The number of carbonyl (C=O) groups excluding carboxylic acids is 2. The number of hydrogen-bond donors (Lipinski definition) is 0. The molecule has 1 rings (SSSR count). The topological polar surface area (TPSA) is 43.4 Å². The zero-order valence-corrected chi connectivity index (χ0v) is 9.49. The molecule has 1 fully saturated rings. The van der Waals surface area contributed by atoms with Gasteiger partial charge in [0.15, 0.2) is 0 Å². The average Bonchev–Trinajstić information content (AvgIpc) is 2.18. The van der Waals surface area contributed by atoms with E-state index in [9.17, 15) is 9.59 Å². The summed E-state index contributed by atoms with van der Waals surface area (Å²) in [7, 11) is 1.31. The van der Waals surface area contributed by atoms with Crippen LogP contribution < -0.4 is 0 Å². The summed E-state index contributed by atoms with van der Waals surface area (Å²) < 4.78 is 4.49. The summed E-state index contributed by atoms with van der Waals surface area (Å²) in [4.78, 5) is 22.7. The number of thioether (sulfide) groups is 1. The second kappa shape index (κ2) is 4.82. The minimum absolute atomic E-state index is 0.0321. The molecule has 0 spiro atoms. The van der Waals surface area contributed by atoms with E-state index in [1.54, 1.807) is 0 Å². The van der Waals surface area contributed by atoms with Crippen LogP contribution in [-0.2, 0) is 14.3 Å². The molecule has 0 aliphatic carbocycles. The van der Waals surface area contributed by atoms with Crippen molar-refractivity contribution >= 4 is 23.5 Å². The molecule has 1 aliphatic heterocycles. The largest absolute Gasteiger partial charge is 0.469 e. The first-order valence-corrected chi connectivity index (χ1v) is 5.92. The molecule has 0 aromatic rings.